The Morgan fingerprint density at radius 3 is 2.53 bits per heavy atom. The Kier molecular flexibility index (Phi) is 9.83. The van der Waals surface area contributed by atoms with Crippen molar-refractivity contribution in [2.75, 3.05) is 46.4 Å². The van der Waals surface area contributed by atoms with Gasteiger partial charge >= 0.3 is 0 Å². The van der Waals surface area contributed by atoms with Gasteiger partial charge in [-0.2, -0.15) is 5.26 Å². The SMILES string of the molecule is CN=C(NCc1ccc(C#N)cc1F)N1CCN(CCOc2ccccc2)CC1.I. The summed E-state index contributed by atoms with van der Waals surface area (Å²) >= 11 is 0. The van der Waals surface area contributed by atoms with Crippen molar-refractivity contribution in [2.45, 2.75) is 6.54 Å². The molecule has 0 bridgehead atoms. The summed E-state index contributed by atoms with van der Waals surface area (Å²) in [4.78, 5) is 8.88. The lowest BCUT2D eigenvalue weighted by molar-refractivity contribution is 0.152. The lowest BCUT2D eigenvalue weighted by Crippen LogP contribution is -2.52. The number of nitriles is 1. The Hall–Kier alpha value is -2.38. The molecule has 0 atom stereocenters. The first-order chi connectivity index (χ1) is 14.2. The van der Waals surface area contributed by atoms with Crippen LogP contribution < -0.4 is 10.1 Å². The zero-order chi connectivity index (χ0) is 20.5. The van der Waals surface area contributed by atoms with E-state index in [1.807, 2.05) is 36.4 Å². The van der Waals surface area contributed by atoms with Crippen molar-refractivity contribution >= 4 is 29.9 Å². The molecule has 0 saturated carbocycles. The van der Waals surface area contributed by atoms with Crippen LogP contribution in [0.5, 0.6) is 5.75 Å². The topological polar surface area (TPSA) is 63.9 Å². The molecule has 0 radical (unpaired) electrons. The second-order valence-electron chi connectivity index (χ2n) is 6.81. The number of nitrogens with one attached hydrogen (secondary N) is 1. The summed E-state index contributed by atoms with van der Waals surface area (Å²) in [6, 6.07) is 16.3. The van der Waals surface area contributed by atoms with Gasteiger partial charge in [0.25, 0.3) is 0 Å². The number of para-hydroxylation sites is 1. The highest BCUT2D eigenvalue weighted by molar-refractivity contribution is 14.0. The van der Waals surface area contributed by atoms with Crippen LogP contribution >= 0.6 is 24.0 Å². The number of ether oxygens (including phenoxy) is 1. The maximum atomic E-state index is 14.1. The van der Waals surface area contributed by atoms with Crippen molar-refractivity contribution in [3.05, 3.63) is 65.5 Å². The zero-order valence-corrected chi connectivity index (χ0v) is 19.4. The number of guanidine groups is 1. The van der Waals surface area contributed by atoms with Crippen LogP contribution in [0.4, 0.5) is 4.39 Å². The molecule has 1 saturated heterocycles. The number of hydrogen-bond donors (Lipinski definition) is 1. The average Bonchev–Trinajstić information content (AvgIpc) is 2.76. The minimum atomic E-state index is -0.379. The lowest BCUT2D eigenvalue weighted by Gasteiger charge is -2.36. The van der Waals surface area contributed by atoms with E-state index < -0.39 is 0 Å². The van der Waals surface area contributed by atoms with Crippen LogP contribution in [0, 0.1) is 17.1 Å². The number of benzene rings is 2. The highest BCUT2D eigenvalue weighted by Crippen LogP contribution is 2.11. The smallest absolute Gasteiger partial charge is 0.194 e. The molecular formula is C22H27FIN5O. The van der Waals surface area contributed by atoms with Gasteiger partial charge < -0.3 is 15.0 Å². The van der Waals surface area contributed by atoms with Gasteiger partial charge in [-0.05, 0) is 24.3 Å². The van der Waals surface area contributed by atoms with E-state index in [0.29, 0.717) is 24.3 Å². The molecule has 2 aromatic carbocycles. The molecule has 1 fully saturated rings. The van der Waals surface area contributed by atoms with Gasteiger partial charge in [-0.15, -0.1) is 24.0 Å². The molecule has 1 heterocycles. The summed E-state index contributed by atoms with van der Waals surface area (Å²) in [6.07, 6.45) is 0. The second-order valence-corrected chi connectivity index (χ2v) is 6.81. The van der Waals surface area contributed by atoms with Gasteiger partial charge in [0, 0.05) is 51.9 Å². The Labute approximate surface area is 194 Å². The van der Waals surface area contributed by atoms with Gasteiger partial charge in [-0.1, -0.05) is 24.3 Å². The third kappa shape index (κ3) is 6.85. The first-order valence-corrected chi connectivity index (χ1v) is 9.74. The molecule has 0 spiro atoms. The van der Waals surface area contributed by atoms with E-state index in [9.17, 15) is 4.39 Å². The van der Waals surface area contributed by atoms with Crippen molar-refractivity contribution in [3.8, 4) is 11.8 Å². The Bertz CT molecular complexity index is 864. The number of hydrogen-bond acceptors (Lipinski definition) is 4. The summed E-state index contributed by atoms with van der Waals surface area (Å²) in [5, 5.41) is 12.1. The number of aliphatic imine (C=N–C) groups is 1. The third-order valence-corrected chi connectivity index (χ3v) is 4.92. The van der Waals surface area contributed by atoms with Gasteiger partial charge in [-0.25, -0.2) is 4.39 Å². The van der Waals surface area contributed by atoms with E-state index in [0.717, 1.165) is 44.4 Å². The fraction of sp³-hybridized carbons (Fsp3) is 0.364. The van der Waals surface area contributed by atoms with Crippen LogP contribution in [0.2, 0.25) is 0 Å². The van der Waals surface area contributed by atoms with Crippen molar-refractivity contribution in [1.82, 2.24) is 15.1 Å². The quantitative estimate of drug-likeness (QED) is 0.359. The van der Waals surface area contributed by atoms with E-state index in [2.05, 4.69) is 20.1 Å². The first-order valence-electron chi connectivity index (χ1n) is 9.74. The summed E-state index contributed by atoms with van der Waals surface area (Å²) in [5.74, 6) is 1.27. The lowest BCUT2D eigenvalue weighted by atomic mass is 10.1. The molecule has 0 amide bonds. The molecular weight excluding hydrogens is 496 g/mol. The predicted molar refractivity (Wildman–Crippen MR) is 127 cm³/mol. The molecule has 0 unspecified atom stereocenters. The normalized spacial score (nSPS) is 14.6. The van der Waals surface area contributed by atoms with Crippen LogP contribution in [-0.2, 0) is 6.54 Å². The van der Waals surface area contributed by atoms with E-state index in [-0.39, 0.29) is 29.8 Å². The fourth-order valence-corrected chi connectivity index (χ4v) is 3.26. The molecule has 1 aliphatic heterocycles. The zero-order valence-electron chi connectivity index (χ0n) is 17.1. The van der Waals surface area contributed by atoms with E-state index in [1.54, 1.807) is 19.2 Å². The molecule has 0 aliphatic carbocycles. The molecule has 2 aromatic rings. The Morgan fingerprint density at radius 1 is 1.17 bits per heavy atom. The number of nitrogens with zero attached hydrogens (tertiary/aromatic N) is 4. The van der Waals surface area contributed by atoms with Gasteiger partial charge in [0.2, 0.25) is 0 Å². The van der Waals surface area contributed by atoms with Crippen molar-refractivity contribution in [1.29, 1.82) is 5.26 Å². The monoisotopic (exact) mass is 523 g/mol. The van der Waals surface area contributed by atoms with E-state index in [1.165, 1.54) is 6.07 Å². The van der Waals surface area contributed by atoms with Crippen molar-refractivity contribution in [2.24, 2.45) is 4.99 Å². The van der Waals surface area contributed by atoms with Gasteiger partial charge in [0.15, 0.2) is 5.96 Å². The fourth-order valence-electron chi connectivity index (χ4n) is 3.26. The molecule has 30 heavy (non-hydrogen) atoms. The maximum Gasteiger partial charge on any atom is 0.194 e. The Balaban J connectivity index is 0.00000320. The molecule has 1 N–H and O–H groups in total. The number of piperazine rings is 1. The van der Waals surface area contributed by atoms with E-state index >= 15 is 0 Å². The third-order valence-electron chi connectivity index (χ3n) is 4.92. The average molecular weight is 523 g/mol. The second kappa shape index (κ2) is 12.3. The Morgan fingerprint density at radius 2 is 1.90 bits per heavy atom. The highest BCUT2D eigenvalue weighted by Gasteiger charge is 2.19. The maximum absolute atomic E-state index is 14.1. The minimum absolute atomic E-state index is 0. The molecule has 160 valence electrons. The van der Waals surface area contributed by atoms with Crippen LogP contribution in [0.25, 0.3) is 0 Å². The minimum Gasteiger partial charge on any atom is -0.492 e. The first kappa shape index (κ1) is 23.9. The number of halogens is 2. The van der Waals surface area contributed by atoms with Crippen LogP contribution in [0.1, 0.15) is 11.1 Å². The molecule has 8 heteroatoms. The summed E-state index contributed by atoms with van der Waals surface area (Å²) in [6.45, 7) is 5.41. The van der Waals surface area contributed by atoms with Crippen LogP contribution in [0.3, 0.4) is 0 Å². The largest absolute Gasteiger partial charge is 0.492 e. The van der Waals surface area contributed by atoms with E-state index in [4.69, 9.17) is 10.00 Å². The van der Waals surface area contributed by atoms with Gasteiger partial charge in [0.05, 0.1) is 11.6 Å². The summed E-state index contributed by atoms with van der Waals surface area (Å²) in [7, 11) is 1.73. The van der Waals surface area contributed by atoms with Crippen molar-refractivity contribution < 1.29 is 9.13 Å². The molecule has 0 aromatic heterocycles. The molecule has 1 aliphatic rings. The standard InChI is InChI=1S/C22H26FN5O.HI/c1-25-22(26-17-19-8-7-18(16-24)15-21(19)23)28-11-9-27(10-12-28)13-14-29-20-5-3-2-4-6-20;/h2-8,15H,9-14,17H2,1H3,(H,25,26);1H. The van der Waals surface area contributed by atoms with Crippen LogP contribution in [-0.4, -0.2) is 62.1 Å². The molecule has 3 rings (SSSR count). The number of rotatable bonds is 6. The highest BCUT2D eigenvalue weighted by atomic mass is 127. The summed E-state index contributed by atoms with van der Waals surface area (Å²) in [5.41, 5.74) is 0.838. The van der Waals surface area contributed by atoms with Crippen LogP contribution in [0.15, 0.2) is 53.5 Å². The van der Waals surface area contributed by atoms with Crippen molar-refractivity contribution in [3.63, 3.8) is 0 Å². The predicted octanol–water partition coefficient (Wildman–Crippen LogP) is 3.09. The van der Waals surface area contributed by atoms with Gasteiger partial charge in [-0.3, -0.25) is 9.89 Å². The van der Waals surface area contributed by atoms with Gasteiger partial charge in [0.1, 0.15) is 18.2 Å². The molecule has 6 nitrogen and oxygen atoms in total. The summed E-state index contributed by atoms with van der Waals surface area (Å²) < 4.78 is 19.8.